The highest BCUT2D eigenvalue weighted by atomic mass is 32.2. The van der Waals surface area contributed by atoms with Crippen LogP contribution in [0.3, 0.4) is 0 Å². The Labute approximate surface area is 221 Å². The molecule has 6 nitrogen and oxygen atoms in total. The highest BCUT2D eigenvalue weighted by Gasteiger charge is 2.29. The third kappa shape index (κ3) is 7.93. The minimum Gasteiger partial charge on any atom is -0.395 e. The molecular weight excluding hydrogens is 501 g/mol. The van der Waals surface area contributed by atoms with Gasteiger partial charge in [0.2, 0.25) is 0 Å². The van der Waals surface area contributed by atoms with E-state index < -0.39 is 11.4 Å². The topological polar surface area (TPSA) is 78.4 Å². The molecule has 2 heterocycles. The molecule has 202 valence electrons. The van der Waals surface area contributed by atoms with E-state index in [1.165, 1.54) is 30.5 Å². The molecule has 0 spiro atoms. The number of nitrogens with one attached hydrogen (secondary N) is 1. The molecule has 3 aromatic rings. The van der Waals surface area contributed by atoms with Gasteiger partial charge in [-0.05, 0) is 65.6 Å². The lowest BCUT2D eigenvalue weighted by Crippen LogP contribution is -2.23. The van der Waals surface area contributed by atoms with Crippen LogP contribution in [0.2, 0.25) is 0 Å². The van der Waals surface area contributed by atoms with Crippen LogP contribution in [-0.4, -0.2) is 46.7 Å². The number of amides is 1. The van der Waals surface area contributed by atoms with E-state index in [0.29, 0.717) is 23.6 Å². The third-order valence-corrected chi connectivity index (χ3v) is 6.73. The maximum Gasteiger partial charge on any atom is 0.446 e. The zero-order valence-corrected chi connectivity index (χ0v) is 21.4. The molecule has 1 aromatic carbocycles. The number of aliphatic hydroxyl groups excluding tert-OH is 1. The minimum atomic E-state index is -4.38. The van der Waals surface area contributed by atoms with Crippen LogP contribution >= 0.6 is 11.8 Å². The van der Waals surface area contributed by atoms with Crippen molar-refractivity contribution in [1.82, 2.24) is 9.97 Å². The summed E-state index contributed by atoms with van der Waals surface area (Å²) < 4.78 is 37.7. The molecule has 0 aliphatic carbocycles. The SMILES string of the molecule is C.CCC(C)(C)c1cncc(-c2cc(C(=O)Nc3ccc(SC(F)(F)F)cc3)cnc2N(C)CCO)c1.[HH]. The number of likely N-dealkylation sites (N-methyl/N-ethyl adjacent to an activating group) is 1. The molecule has 0 aliphatic heterocycles. The second-order valence-corrected chi connectivity index (χ2v) is 10.1. The molecule has 37 heavy (non-hydrogen) atoms. The van der Waals surface area contributed by atoms with E-state index in [4.69, 9.17) is 0 Å². The van der Waals surface area contributed by atoms with Crippen molar-refractivity contribution in [2.45, 2.75) is 50.4 Å². The lowest BCUT2D eigenvalue weighted by atomic mass is 9.82. The summed E-state index contributed by atoms with van der Waals surface area (Å²) in [4.78, 5) is 23.7. The number of carbonyl (C=O) groups excluding carboxylic acids is 1. The number of aliphatic hydroxyl groups is 1. The Morgan fingerprint density at radius 3 is 2.41 bits per heavy atom. The van der Waals surface area contributed by atoms with Gasteiger partial charge in [-0.25, -0.2) is 4.98 Å². The van der Waals surface area contributed by atoms with E-state index in [2.05, 4.69) is 36.1 Å². The van der Waals surface area contributed by atoms with Crippen molar-refractivity contribution in [1.29, 1.82) is 0 Å². The van der Waals surface area contributed by atoms with Crippen molar-refractivity contribution in [3.8, 4) is 11.1 Å². The molecule has 0 radical (unpaired) electrons. The fourth-order valence-electron chi connectivity index (χ4n) is 3.46. The number of carbonyl (C=O) groups is 1. The largest absolute Gasteiger partial charge is 0.446 e. The van der Waals surface area contributed by atoms with Gasteiger partial charge < -0.3 is 15.3 Å². The Balaban J connectivity index is 0.00000361. The van der Waals surface area contributed by atoms with E-state index in [1.54, 1.807) is 24.2 Å². The van der Waals surface area contributed by atoms with Gasteiger partial charge in [0.05, 0.1) is 12.2 Å². The molecule has 1 amide bonds. The molecule has 0 fully saturated rings. The van der Waals surface area contributed by atoms with Crippen LogP contribution < -0.4 is 10.2 Å². The first kappa shape index (κ1) is 30.1. The van der Waals surface area contributed by atoms with E-state index in [0.717, 1.165) is 17.5 Å². The fraction of sp³-hybridized carbons (Fsp3) is 0.370. The molecule has 3 rings (SSSR count). The number of alkyl halides is 3. The van der Waals surface area contributed by atoms with Gasteiger partial charge in [0.25, 0.3) is 5.91 Å². The van der Waals surface area contributed by atoms with E-state index in [9.17, 15) is 23.1 Å². The number of hydrogen-bond acceptors (Lipinski definition) is 6. The average molecular weight is 537 g/mol. The molecule has 0 saturated carbocycles. The summed E-state index contributed by atoms with van der Waals surface area (Å²) in [5.74, 6) is 0.136. The van der Waals surface area contributed by atoms with Gasteiger partial charge in [-0.15, -0.1) is 0 Å². The lowest BCUT2D eigenvalue weighted by Gasteiger charge is -2.25. The Morgan fingerprint density at radius 1 is 1.14 bits per heavy atom. The van der Waals surface area contributed by atoms with Crippen LogP contribution in [0.25, 0.3) is 11.1 Å². The number of thioether (sulfide) groups is 1. The lowest BCUT2D eigenvalue weighted by molar-refractivity contribution is -0.0328. The molecule has 0 bridgehead atoms. The Morgan fingerprint density at radius 2 is 1.81 bits per heavy atom. The summed E-state index contributed by atoms with van der Waals surface area (Å²) in [6, 6.07) is 9.18. The molecular formula is C27H35F3N4O2S. The predicted octanol–water partition coefficient (Wildman–Crippen LogP) is 7.01. The summed E-state index contributed by atoms with van der Waals surface area (Å²) >= 11 is -0.214. The van der Waals surface area contributed by atoms with Crippen molar-refractivity contribution in [2.75, 3.05) is 30.4 Å². The molecule has 0 saturated heterocycles. The van der Waals surface area contributed by atoms with Gasteiger partial charge in [-0.2, -0.15) is 13.2 Å². The highest BCUT2D eigenvalue weighted by Crippen LogP contribution is 2.37. The number of halogens is 3. The van der Waals surface area contributed by atoms with Crippen molar-refractivity contribution < 1.29 is 24.5 Å². The van der Waals surface area contributed by atoms with Crippen LogP contribution in [0.5, 0.6) is 0 Å². The summed E-state index contributed by atoms with van der Waals surface area (Å²) in [7, 11) is 1.80. The molecule has 2 N–H and O–H groups in total. The maximum absolute atomic E-state index is 13.0. The monoisotopic (exact) mass is 536 g/mol. The summed E-state index contributed by atoms with van der Waals surface area (Å²) in [6.07, 6.45) is 5.88. The second-order valence-electron chi connectivity index (χ2n) is 8.97. The number of pyridine rings is 2. The Bertz CT molecular complexity index is 1210. The quantitative estimate of drug-likeness (QED) is 0.287. The predicted molar refractivity (Wildman–Crippen MR) is 146 cm³/mol. The van der Waals surface area contributed by atoms with Crippen molar-refractivity contribution in [2.24, 2.45) is 0 Å². The van der Waals surface area contributed by atoms with Gasteiger partial charge in [0, 0.05) is 55.3 Å². The van der Waals surface area contributed by atoms with E-state index >= 15 is 0 Å². The normalized spacial score (nSPS) is 11.6. The third-order valence-electron chi connectivity index (χ3n) is 5.99. The van der Waals surface area contributed by atoms with Crippen LogP contribution in [0.15, 0.2) is 59.9 Å². The number of benzene rings is 1. The first-order valence-corrected chi connectivity index (χ1v) is 12.2. The first-order chi connectivity index (χ1) is 16.9. The van der Waals surface area contributed by atoms with Gasteiger partial charge in [-0.1, -0.05) is 28.2 Å². The maximum atomic E-state index is 13.0. The van der Waals surface area contributed by atoms with Crippen LogP contribution in [-0.2, 0) is 5.41 Å². The van der Waals surface area contributed by atoms with Crippen molar-refractivity contribution in [3.63, 3.8) is 0 Å². The summed E-state index contributed by atoms with van der Waals surface area (Å²) in [6.45, 7) is 6.65. The van der Waals surface area contributed by atoms with Gasteiger partial charge >= 0.3 is 5.51 Å². The van der Waals surface area contributed by atoms with Crippen molar-refractivity contribution in [3.05, 3.63) is 66.1 Å². The van der Waals surface area contributed by atoms with Crippen LogP contribution in [0, 0.1) is 0 Å². The summed E-state index contributed by atoms with van der Waals surface area (Å²) in [5, 5.41) is 12.1. The second kappa shape index (κ2) is 12.4. The first-order valence-electron chi connectivity index (χ1n) is 11.4. The van der Waals surface area contributed by atoms with Crippen LogP contribution in [0.1, 0.15) is 52.0 Å². The minimum absolute atomic E-state index is 0. The zero-order valence-electron chi connectivity index (χ0n) is 20.6. The van der Waals surface area contributed by atoms with Gasteiger partial charge in [0.15, 0.2) is 0 Å². The standard InChI is InChI=1S/C26H29F3N4O2S.CH4.H2/c1-5-25(2,3)19-12-17(14-30-16-19)22-13-18(15-31-23(22)33(4)10-11-34)24(35)32-20-6-8-21(9-7-20)36-26(27,28)29;;/h6-9,12-16,34H,5,10-11H2,1-4H3,(H,32,35);1H4;1H. The number of nitrogens with zero attached hydrogens (tertiary/aromatic N) is 3. The molecule has 0 aliphatic rings. The Hall–Kier alpha value is -3.11. The zero-order chi connectivity index (χ0) is 26.5. The number of hydrogen-bond donors (Lipinski definition) is 2. The van der Waals surface area contributed by atoms with Gasteiger partial charge in [-0.3, -0.25) is 9.78 Å². The average Bonchev–Trinajstić information content (AvgIpc) is 2.84. The smallest absolute Gasteiger partial charge is 0.395 e. The fourth-order valence-corrected chi connectivity index (χ4v) is 4.00. The summed E-state index contributed by atoms with van der Waals surface area (Å²) in [5.41, 5.74) is -1.33. The number of anilines is 2. The van der Waals surface area contributed by atoms with Crippen LogP contribution in [0.4, 0.5) is 24.7 Å². The number of rotatable bonds is 9. The Kier molecular flexibility index (Phi) is 10.1. The molecule has 2 aromatic heterocycles. The molecule has 0 unspecified atom stereocenters. The van der Waals surface area contributed by atoms with Crippen molar-refractivity contribution >= 4 is 29.2 Å². The highest BCUT2D eigenvalue weighted by molar-refractivity contribution is 8.00. The van der Waals surface area contributed by atoms with Gasteiger partial charge in [0.1, 0.15) is 5.82 Å². The molecule has 10 heteroatoms. The molecule has 0 atom stereocenters. The van der Waals surface area contributed by atoms with E-state index in [-0.39, 0.29) is 43.1 Å². The number of aromatic nitrogens is 2. The van der Waals surface area contributed by atoms with E-state index in [1.807, 2.05) is 12.3 Å².